The normalized spacial score (nSPS) is 21.9. The van der Waals surface area contributed by atoms with Crippen molar-refractivity contribution in [2.24, 2.45) is 5.92 Å². The van der Waals surface area contributed by atoms with Gasteiger partial charge < -0.3 is 16.0 Å². The van der Waals surface area contributed by atoms with E-state index in [-0.39, 0.29) is 11.9 Å². The second-order valence-corrected chi connectivity index (χ2v) is 11.4. The molecule has 2 aromatic heterocycles. The predicted molar refractivity (Wildman–Crippen MR) is 146 cm³/mol. The molecule has 5 rings (SSSR count). The lowest BCUT2D eigenvalue weighted by molar-refractivity contribution is 0.0918. The molecule has 0 bridgehead atoms. The second-order valence-electron chi connectivity index (χ2n) is 10.3. The third-order valence-electron chi connectivity index (χ3n) is 7.86. The van der Waals surface area contributed by atoms with Gasteiger partial charge in [-0.3, -0.25) is 4.79 Å². The van der Waals surface area contributed by atoms with Crippen LogP contribution in [0, 0.1) is 5.92 Å². The Balaban J connectivity index is 1.07. The van der Waals surface area contributed by atoms with Crippen molar-refractivity contribution in [2.75, 3.05) is 18.8 Å². The number of hydrogen-bond acceptors (Lipinski definition) is 6. The molecule has 1 aromatic carbocycles. The van der Waals surface area contributed by atoms with Crippen LogP contribution >= 0.6 is 11.3 Å². The number of rotatable bonds is 9. The minimum Gasteiger partial charge on any atom is -0.375 e. The van der Waals surface area contributed by atoms with Crippen LogP contribution < -0.4 is 11.1 Å². The fourth-order valence-corrected chi connectivity index (χ4v) is 6.80. The van der Waals surface area contributed by atoms with Crippen molar-refractivity contribution in [3.63, 3.8) is 0 Å². The van der Waals surface area contributed by atoms with E-state index in [4.69, 9.17) is 5.73 Å². The number of nitrogens with one attached hydrogen (secondary N) is 1. The number of thiazole rings is 1. The van der Waals surface area contributed by atoms with E-state index in [9.17, 15) is 4.79 Å². The van der Waals surface area contributed by atoms with Gasteiger partial charge in [-0.2, -0.15) is 5.10 Å². The predicted octanol–water partition coefficient (Wildman–Crippen LogP) is 4.86. The maximum absolute atomic E-state index is 12.8. The lowest BCUT2D eigenvalue weighted by atomic mass is 9.83. The Morgan fingerprint density at radius 3 is 2.69 bits per heavy atom. The standard InChI is InChI=1S/C28H38N6OS/c1-2-16-33(24-12-13-25-26(19-24)36-28(29)32-25)18-14-20-4-8-22(9-5-20)31-27(35)21-6-10-23(11-7-21)34-17-3-15-30-34/h3,6-7,10-11,15,17,20,22,24H,2,4-5,8-9,12-14,16,18-19H2,1H3,(H2,29,32)(H,31,35)/t20?,22?,24-/m0/s1. The van der Waals surface area contributed by atoms with E-state index in [0.29, 0.717) is 11.6 Å². The van der Waals surface area contributed by atoms with Crippen molar-refractivity contribution in [3.05, 3.63) is 58.9 Å². The second kappa shape index (κ2) is 11.6. The molecule has 192 valence electrons. The summed E-state index contributed by atoms with van der Waals surface area (Å²) in [6, 6.07) is 10.4. The molecule has 1 fully saturated rings. The number of aryl methyl sites for hydroxylation is 1. The van der Waals surface area contributed by atoms with Gasteiger partial charge in [0.2, 0.25) is 0 Å². The molecule has 8 heteroatoms. The van der Waals surface area contributed by atoms with Crippen LogP contribution in [0.5, 0.6) is 0 Å². The van der Waals surface area contributed by atoms with Gasteiger partial charge in [0, 0.05) is 34.9 Å². The highest BCUT2D eigenvalue weighted by atomic mass is 32.1. The van der Waals surface area contributed by atoms with Crippen LogP contribution in [0.1, 0.15) is 72.8 Å². The molecule has 3 N–H and O–H groups in total. The molecule has 0 saturated heterocycles. The number of nitrogens with two attached hydrogens (primary N) is 1. The number of nitrogens with zero attached hydrogens (tertiary/aromatic N) is 4. The van der Waals surface area contributed by atoms with Gasteiger partial charge >= 0.3 is 0 Å². The van der Waals surface area contributed by atoms with Gasteiger partial charge in [-0.25, -0.2) is 9.67 Å². The molecule has 1 atom stereocenters. The van der Waals surface area contributed by atoms with Gasteiger partial charge in [-0.15, -0.1) is 11.3 Å². The molecule has 7 nitrogen and oxygen atoms in total. The first kappa shape index (κ1) is 25.0. The molecule has 1 saturated carbocycles. The molecule has 0 aliphatic heterocycles. The summed E-state index contributed by atoms with van der Waals surface area (Å²) in [6.45, 7) is 4.62. The lowest BCUT2D eigenvalue weighted by Crippen LogP contribution is -2.41. The lowest BCUT2D eigenvalue weighted by Gasteiger charge is -2.36. The Kier molecular flexibility index (Phi) is 8.02. The van der Waals surface area contributed by atoms with Crippen molar-refractivity contribution in [3.8, 4) is 5.69 Å². The highest BCUT2D eigenvalue weighted by Gasteiger charge is 2.28. The van der Waals surface area contributed by atoms with Gasteiger partial charge in [-0.1, -0.05) is 6.92 Å². The molecule has 36 heavy (non-hydrogen) atoms. The summed E-state index contributed by atoms with van der Waals surface area (Å²) in [5.74, 6) is 0.782. The Hall–Kier alpha value is -2.71. The third kappa shape index (κ3) is 5.98. The van der Waals surface area contributed by atoms with E-state index >= 15 is 0 Å². The first-order chi connectivity index (χ1) is 17.6. The number of aromatic nitrogens is 3. The SMILES string of the molecule is CCCN(CCC1CCC(NC(=O)c2ccc(-n3cccn3)cc2)CC1)[C@H]1CCc2nc(N)sc2C1. The Morgan fingerprint density at radius 2 is 1.97 bits per heavy atom. The zero-order valence-electron chi connectivity index (χ0n) is 21.2. The summed E-state index contributed by atoms with van der Waals surface area (Å²) < 4.78 is 1.80. The van der Waals surface area contributed by atoms with Crippen molar-refractivity contribution < 1.29 is 4.79 Å². The first-order valence-electron chi connectivity index (χ1n) is 13.5. The number of hydrogen-bond donors (Lipinski definition) is 2. The van der Waals surface area contributed by atoms with Crippen LogP contribution in [-0.4, -0.2) is 50.7 Å². The summed E-state index contributed by atoms with van der Waals surface area (Å²) in [5.41, 5.74) is 8.86. The smallest absolute Gasteiger partial charge is 0.251 e. The van der Waals surface area contributed by atoms with Gasteiger partial charge in [0.1, 0.15) is 0 Å². The maximum Gasteiger partial charge on any atom is 0.251 e. The molecule has 0 spiro atoms. The largest absolute Gasteiger partial charge is 0.375 e. The number of nitrogen functional groups attached to an aromatic ring is 1. The number of carbonyl (C=O) groups is 1. The molecular formula is C28H38N6OS. The summed E-state index contributed by atoms with van der Waals surface area (Å²) >= 11 is 1.68. The highest BCUT2D eigenvalue weighted by Crippen LogP contribution is 2.32. The van der Waals surface area contributed by atoms with E-state index in [2.05, 4.69) is 27.2 Å². The summed E-state index contributed by atoms with van der Waals surface area (Å²) in [5, 5.41) is 8.23. The van der Waals surface area contributed by atoms with Crippen molar-refractivity contribution in [2.45, 2.75) is 76.8 Å². The fourth-order valence-electron chi connectivity index (χ4n) is 5.85. The molecule has 1 amide bonds. The quantitative estimate of drug-likeness (QED) is 0.433. The summed E-state index contributed by atoms with van der Waals surface area (Å²) in [4.78, 5) is 21.4. The van der Waals surface area contributed by atoms with Crippen molar-refractivity contribution in [1.82, 2.24) is 25.0 Å². The topological polar surface area (TPSA) is 89.1 Å². The molecule has 2 aliphatic carbocycles. The van der Waals surface area contributed by atoms with Gasteiger partial charge in [-0.05, 0) is 107 Å². The number of benzene rings is 1. The molecule has 3 aromatic rings. The zero-order chi connectivity index (χ0) is 24.9. The van der Waals surface area contributed by atoms with Crippen LogP contribution in [0.25, 0.3) is 5.69 Å². The summed E-state index contributed by atoms with van der Waals surface area (Å²) in [6.07, 6.45) is 14.0. The first-order valence-corrected chi connectivity index (χ1v) is 14.3. The molecule has 0 unspecified atom stereocenters. The monoisotopic (exact) mass is 506 g/mol. The Bertz CT molecular complexity index is 1120. The fraction of sp³-hybridized carbons (Fsp3) is 0.536. The zero-order valence-corrected chi connectivity index (χ0v) is 22.1. The Labute approximate surface area is 218 Å². The number of amides is 1. The number of carbonyl (C=O) groups excluding carboxylic acids is 1. The minimum absolute atomic E-state index is 0.0277. The molecule has 0 radical (unpaired) electrons. The van der Waals surface area contributed by atoms with Crippen LogP contribution in [-0.2, 0) is 12.8 Å². The Morgan fingerprint density at radius 1 is 1.17 bits per heavy atom. The molecule has 2 aliphatic rings. The summed E-state index contributed by atoms with van der Waals surface area (Å²) in [7, 11) is 0. The van der Waals surface area contributed by atoms with E-state index in [1.54, 1.807) is 22.2 Å². The molecular weight excluding hydrogens is 468 g/mol. The van der Waals surface area contributed by atoms with E-state index in [1.807, 2.05) is 36.5 Å². The molecule has 2 heterocycles. The number of fused-ring (bicyclic) bond motifs is 1. The van der Waals surface area contributed by atoms with E-state index in [1.165, 1.54) is 55.8 Å². The van der Waals surface area contributed by atoms with Crippen LogP contribution in [0.3, 0.4) is 0 Å². The van der Waals surface area contributed by atoms with Gasteiger partial charge in [0.25, 0.3) is 5.91 Å². The van der Waals surface area contributed by atoms with Crippen molar-refractivity contribution >= 4 is 22.4 Å². The van der Waals surface area contributed by atoms with Gasteiger partial charge in [0.15, 0.2) is 5.13 Å². The van der Waals surface area contributed by atoms with Crippen LogP contribution in [0.15, 0.2) is 42.7 Å². The van der Waals surface area contributed by atoms with Crippen molar-refractivity contribution in [1.29, 1.82) is 0 Å². The highest BCUT2D eigenvalue weighted by molar-refractivity contribution is 7.15. The third-order valence-corrected chi connectivity index (χ3v) is 8.81. The van der Waals surface area contributed by atoms with Crippen LogP contribution in [0.4, 0.5) is 5.13 Å². The average Bonchev–Trinajstić information content (AvgIpc) is 3.56. The van der Waals surface area contributed by atoms with E-state index in [0.717, 1.165) is 42.4 Å². The van der Waals surface area contributed by atoms with Gasteiger partial charge in [0.05, 0.1) is 11.4 Å². The number of anilines is 1. The maximum atomic E-state index is 12.8. The van der Waals surface area contributed by atoms with E-state index < -0.39 is 0 Å². The minimum atomic E-state index is 0.0277. The van der Waals surface area contributed by atoms with Crippen LogP contribution in [0.2, 0.25) is 0 Å². The average molecular weight is 507 g/mol.